The molecule has 1 aromatic carbocycles. The lowest BCUT2D eigenvalue weighted by Crippen LogP contribution is -2.44. The van der Waals surface area contributed by atoms with Crippen molar-refractivity contribution in [3.63, 3.8) is 0 Å². The molecule has 2 N–H and O–H groups in total. The first-order valence-corrected chi connectivity index (χ1v) is 9.50. The largest absolute Gasteiger partial charge is 0.451 e. The Balaban J connectivity index is 1.54. The second-order valence-corrected chi connectivity index (χ2v) is 7.47. The van der Waals surface area contributed by atoms with Crippen molar-refractivity contribution in [1.29, 1.82) is 0 Å². The van der Waals surface area contributed by atoms with Gasteiger partial charge in [0.15, 0.2) is 6.10 Å². The first-order chi connectivity index (χ1) is 13.2. The highest BCUT2D eigenvalue weighted by molar-refractivity contribution is 6.08. The minimum Gasteiger partial charge on any atom is -0.451 e. The third kappa shape index (κ3) is 3.85. The van der Waals surface area contributed by atoms with Crippen LogP contribution in [0.2, 0.25) is 0 Å². The number of nitrogens with one attached hydrogen (secondary N) is 2. The predicted octanol–water partition coefficient (Wildman–Crippen LogP) is 1.77. The third-order valence-electron chi connectivity index (χ3n) is 5.38. The van der Waals surface area contributed by atoms with Crippen LogP contribution in [0.15, 0.2) is 18.2 Å². The third-order valence-corrected chi connectivity index (χ3v) is 5.38. The van der Waals surface area contributed by atoms with Crippen LogP contribution in [-0.4, -0.2) is 46.9 Å². The zero-order valence-electron chi connectivity index (χ0n) is 16.3. The number of fused-ring (bicyclic) bond motifs is 1. The first-order valence-electron chi connectivity index (χ1n) is 9.50. The van der Waals surface area contributed by atoms with Crippen molar-refractivity contribution in [3.05, 3.63) is 29.3 Å². The summed E-state index contributed by atoms with van der Waals surface area (Å²) in [6.07, 6.45) is 2.51. The summed E-state index contributed by atoms with van der Waals surface area (Å²) in [5.74, 6) is -1.77. The fourth-order valence-electron chi connectivity index (χ4n) is 3.44. The summed E-state index contributed by atoms with van der Waals surface area (Å²) in [5.41, 5.74) is 2.15. The van der Waals surface area contributed by atoms with Gasteiger partial charge in [0.05, 0.1) is 0 Å². The average Bonchev–Trinajstić information content (AvgIpc) is 3.20. The van der Waals surface area contributed by atoms with E-state index in [0.29, 0.717) is 12.1 Å². The number of nitrogens with zero attached hydrogens (tertiary/aromatic N) is 1. The molecular weight excluding hydrogens is 362 g/mol. The minimum atomic E-state index is -1.06. The van der Waals surface area contributed by atoms with Gasteiger partial charge in [-0.2, -0.15) is 0 Å². The van der Waals surface area contributed by atoms with Gasteiger partial charge in [0.2, 0.25) is 0 Å². The van der Waals surface area contributed by atoms with Gasteiger partial charge < -0.3 is 15.4 Å². The SMILES string of the molecule is CC[C@@]1(C)NC(=O)N(CC(=O)O[C@H](C)C(=O)Nc2ccc3c(c2)CCC3)C1=O. The van der Waals surface area contributed by atoms with E-state index in [4.69, 9.17) is 4.74 Å². The number of aryl methyl sites for hydroxylation is 2. The van der Waals surface area contributed by atoms with Gasteiger partial charge in [-0.25, -0.2) is 4.79 Å². The molecule has 0 spiro atoms. The number of ether oxygens (including phenoxy) is 1. The maximum absolute atomic E-state index is 12.3. The van der Waals surface area contributed by atoms with Gasteiger partial charge in [0.25, 0.3) is 11.8 Å². The topological polar surface area (TPSA) is 105 Å². The predicted molar refractivity (Wildman–Crippen MR) is 102 cm³/mol. The molecule has 150 valence electrons. The highest BCUT2D eigenvalue weighted by Gasteiger charge is 2.47. The average molecular weight is 387 g/mol. The van der Waals surface area contributed by atoms with Crippen molar-refractivity contribution < 1.29 is 23.9 Å². The molecule has 0 bridgehead atoms. The molecule has 28 heavy (non-hydrogen) atoms. The zero-order valence-corrected chi connectivity index (χ0v) is 16.3. The maximum Gasteiger partial charge on any atom is 0.327 e. The summed E-state index contributed by atoms with van der Waals surface area (Å²) in [6, 6.07) is 5.13. The molecule has 1 fully saturated rings. The maximum atomic E-state index is 12.3. The van der Waals surface area contributed by atoms with Gasteiger partial charge in [0, 0.05) is 5.69 Å². The van der Waals surface area contributed by atoms with Gasteiger partial charge in [-0.05, 0) is 62.8 Å². The second-order valence-electron chi connectivity index (χ2n) is 7.47. The minimum absolute atomic E-state index is 0.405. The van der Waals surface area contributed by atoms with Crippen LogP contribution in [0.1, 0.15) is 44.7 Å². The summed E-state index contributed by atoms with van der Waals surface area (Å²) >= 11 is 0. The Bertz CT molecular complexity index is 837. The zero-order chi connectivity index (χ0) is 20.5. The molecule has 2 aliphatic rings. The van der Waals surface area contributed by atoms with Crippen LogP contribution < -0.4 is 10.6 Å². The van der Waals surface area contributed by atoms with Crippen molar-refractivity contribution >= 4 is 29.5 Å². The fraction of sp³-hybridized carbons (Fsp3) is 0.500. The Kier molecular flexibility index (Phi) is 5.40. The molecule has 0 unspecified atom stereocenters. The molecule has 2 atom stereocenters. The van der Waals surface area contributed by atoms with E-state index < -0.39 is 42.0 Å². The Morgan fingerprint density at radius 2 is 2.00 bits per heavy atom. The summed E-state index contributed by atoms with van der Waals surface area (Å²) < 4.78 is 5.11. The molecule has 1 aromatic rings. The molecule has 3 rings (SSSR count). The molecule has 8 heteroatoms. The molecule has 0 aromatic heterocycles. The van der Waals surface area contributed by atoms with Gasteiger partial charge in [-0.3, -0.25) is 19.3 Å². The molecular formula is C20H25N3O5. The fourth-order valence-corrected chi connectivity index (χ4v) is 3.44. The summed E-state index contributed by atoms with van der Waals surface area (Å²) in [4.78, 5) is 49.5. The number of hydrogen-bond donors (Lipinski definition) is 2. The normalized spacial score (nSPS) is 21.9. The van der Waals surface area contributed by atoms with Crippen molar-refractivity contribution in [2.45, 2.75) is 58.1 Å². The van der Waals surface area contributed by atoms with E-state index in [1.54, 1.807) is 13.8 Å². The Morgan fingerprint density at radius 1 is 1.29 bits per heavy atom. The lowest BCUT2D eigenvalue weighted by molar-refractivity contribution is -0.155. The van der Waals surface area contributed by atoms with Crippen LogP contribution in [0.3, 0.4) is 0 Å². The van der Waals surface area contributed by atoms with Crippen LogP contribution in [-0.2, 0) is 32.0 Å². The van der Waals surface area contributed by atoms with E-state index >= 15 is 0 Å². The van der Waals surface area contributed by atoms with E-state index in [0.717, 1.165) is 24.2 Å². The van der Waals surface area contributed by atoms with E-state index in [1.165, 1.54) is 18.1 Å². The standard InChI is InChI=1S/C20H25N3O5/c1-4-20(3)18(26)23(19(27)22-20)11-16(24)28-12(2)17(25)21-15-9-8-13-6-5-7-14(13)10-15/h8-10,12H,4-7,11H2,1-3H3,(H,21,25)(H,22,27)/t12-,20-/m1/s1. The van der Waals surface area contributed by atoms with Crippen molar-refractivity contribution in [2.24, 2.45) is 0 Å². The van der Waals surface area contributed by atoms with E-state index in [1.807, 2.05) is 18.2 Å². The van der Waals surface area contributed by atoms with Crippen LogP contribution in [0.4, 0.5) is 10.5 Å². The first kappa shape index (κ1) is 19.9. The Morgan fingerprint density at radius 3 is 2.68 bits per heavy atom. The molecule has 1 aliphatic carbocycles. The number of imide groups is 1. The Labute approximate surface area is 163 Å². The smallest absolute Gasteiger partial charge is 0.327 e. The molecule has 0 radical (unpaired) electrons. The monoisotopic (exact) mass is 387 g/mol. The van der Waals surface area contributed by atoms with Gasteiger partial charge >= 0.3 is 12.0 Å². The van der Waals surface area contributed by atoms with Gasteiger partial charge in [0.1, 0.15) is 12.1 Å². The van der Waals surface area contributed by atoms with Crippen LogP contribution in [0, 0.1) is 0 Å². The molecule has 1 saturated heterocycles. The highest BCUT2D eigenvalue weighted by Crippen LogP contribution is 2.25. The molecule has 1 aliphatic heterocycles. The number of esters is 1. The van der Waals surface area contributed by atoms with Crippen LogP contribution in [0.5, 0.6) is 0 Å². The van der Waals surface area contributed by atoms with Crippen LogP contribution >= 0.6 is 0 Å². The summed E-state index contributed by atoms with van der Waals surface area (Å²) in [5, 5.41) is 5.30. The number of rotatable bonds is 6. The van der Waals surface area contributed by atoms with E-state index in [-0.39, 0.29) is 0 Å². The number of anilines is 1. The summed E-state index contributed by atoms with van der Waals surface area (Å²) in [7, 11) is 0. The van der Waals surface area contributed by atoms with Crippen LogP contribution in [0.25, 0.3) is 0 Å². The molecule has 4 amide bonds. The number of urea groups is 1. The lowest BCUT2D eigenvalue weighted by Gasteiger charge is -2.19. The molecule has 1 heterocycles. The highest BCUT2D eigenvalue weighted by atomic mass is 16.5. The van der Waals surface area contributed by atoms with Crippen molar-refractivity contribution in [2.75, 3.05) is 11.9 Å². The Hall–Kier alpha value is -2.90. The summed E-state index contributed by atoms with van der Waals surface area (Å²) in [6.45, 7) is 4.29. The number of carbonyl (C=O) groups is 4. The quantitative estimate of drug-likeness (QED) is 0.572. The number of hydrogen-bond acceptors (Lipinski definition) is 5. The lowest BCUT2D eigenvalue weighted by atomic mass is 9.99. The number of benzene rings is 1. The van der Waals surface area contributed by atoms with E-state index in [9.17, 15) is 19.2 Å². The van der Waals surface area contributed by atoms with Crippen molar-refractivity contribution in [3.8, 4) is 0 Å². The van der Waals surface area contributed by atoms with Gasteiger partial charge in [-0.1, -0.05) is 13.0 Å². The number of amides is 4. The number of carbonyl (C=O) groups excluding carboxylic acids is 4. The van der Waals surface area contributed by atoms with Gasteiger partial charge in [-0.15, -0.1) is 0 Å². The molecule has 0 saturated carbocycles. The van der Waals surface area contributed by atoms with Crippen molar-refractivity contribution in [1.82, 2.24) is 10.2 Å². The molecule has 8 nitrogen and oxygen atoms in total. The second kappa shape index (κ2) is 7.61. The van der Waals surface area contributed by atoms with E-state index in [2.05, 4.69) is 10.6 Å².